The van der Waals surface area contributed by atoms with E-state index in [0.717, 1.165) is 11.1 Å². The van der Waals surface area contributed by atoms with Gasteiger partial charge < -0.3 is 9.64 Å². The molecule has 0 unspecified atom stereocenters. The molecule has 29 heavy (non-hydrogen) atoms. The Morgan fingerprint density at radius 1 is 1.03 bits per heavy atom. The molecule has 0 aliphatic carbocycles. The SMILES string of the molecule is O=C(/C=C/c1ccccc1)OCC(=O)N(Cc1ccccc1)[C@@H]1CCS(=O)(=O)C1. The highest BCUT2D eigenvalue weighted by Crippen LogP contribution is 2.20. The van der Waals surface area contributed by atoms with Gasteiger partial charge in [-0.25, -0.2) is 13.2 Å². The van der Waals surface area contributed by atoms with E-state index in [1.165, 1.54) is 11.0 Å². The van der Waals surface area contributed by atoms with Crippen molar-refractivity contribution in [2.45, 2.75) is 19.0 Å². The molecule has 0 N–H and O–H groups in total. The summed E-state index contributed by atoms with van der Waals surface area (Å²) in [6.45, 7) is -0.154. The molecule has 1 aliphatic heterocycles. The summed E-state index contributed by atoms with van der Waals surface area (Å²) in [7, 11) is -3.15. The van der Waals surface area contributed by atoms with Crippen molar-refractivity contribution >= 4 is 27.8 Å². The molecular weight excluding hydrogens is 390 g/mol. The number of rotatable bonds is 7. The fraction of sp³-hybridized carbons (Fsp3) is 0.273. The first-order valence-corrected chi connectivity index (χ1v) is 11.2. The second-order valence-corrected chi connectivity index (χ2v) is 9.14. The lowest BCUT2D eigenvalue weighted by Crippen LogP contribution is -2.42. The minimum atomic E-state index is -3.15. The molecule has 0 aromatic heterocycles. The highest BCUT2D eigenvalue weighted by Gasteiger charge is 2.34. The molecule has 1 saturated heterocycles. The summed E-state index contributed by atoms with van der Waals surface area (Å²) in [5.41, 5.74) is 1.73. The molecule has 0 radical (unpaired) electrons. The van der Waals surface area contributed by atoms with E-state index >= 15 is 0 Å². The molecule has 1 amide bonds. The minimum Gasteiger partial charge on any atom is -0.452 e. The monoisotopic (exact) mass is 413 g/mol. The first-order valence-electron chi connectivity index (χ1n) is 9.37. The predicted octanol–water partition coefficient (Wildman–Crippen LogP) is 2.46. The zero-order valence-corrected chi connectivity index (χ0v) is 16.8. The standard InChI is InChI=1S/C22H23NO5S/c24-21(16-28-22(25)12-11-18-7-3-1-4-8-18)23(15-19-9-5-2-6-10-19)20-13-14-29(26,27)17-20/h1-12,20H,13-17H2/b12-11+/t20-/m1/s1. The molecule has 0 spiro atoms. The molecule has 152 valence electrons. The lowest BCUT2D eigenvalue weighted by atomic mass is 10.1. The summed E-state index contributed by atoms with van der Waals surface area (Å²) in [6, 6.07) is 18.2. The van der Waals surface area contributed by atoms with Gasteiger partial charge in [0.15, 0.2) is 16.4 Å². The van der Waals surface area contributed by atoms with Crippen molar-refractivity contribution in [1.29, 1.82) is 0 Å². The van der Waals surface area contributed by atoms with Crippen LogP contribution < -0.4 is 0 Å². The summed E-state index contributed by atoms with van der Waals surface area (Å²) in [4.78, 5) is 26.2. The second-order valence-electron chi connectivity index (χ2n) is 6.92. The molecule has 2 aromatic carbocycles. The van der Waals surface area contributed by atoms with E-state index in [0.29, 0.717) is 6.42 Å². The molecule has 2 aromatic rings. The number of carbonyl (C=O) groups is 2. The molecular formula is C22H23NO5S. The van der Waals surface area contributed by atoms with Gasteiger partial charge in [-0.1, -0.05) is 60.7 Å². The van der Waals surface area contributed by atoms with Crippen LogP contribution in [0.15, 0.2) is 66.7 Å². The quantitative estimate of drug-likeness (QED) is 0.515. The molecule has 1 atom stereocenters. The van der Waals surface area contributed by atoms with E-state index in [1.807, 2.05) is 60.7 Å². The smallest absolute Gasteiger partial charge is 0.331 e. The zero-order valence-electron chi connectivity index (χ0n) is 15.9. The number of hydrogen-bond acceptors (Lipinski definition) is 5. The first kappa shape index (κ1) is 20.8. The van der Waals surface area contributed by atoms with Crippen LogP contribution in [0, 0.1) is 0 Å². The largest absolute Gasteiger partial charge is 0.452 e. The van der Waals surface area contributed by atoms with Crippen LogP contribution in [0.25, 0.3) is 6.08 Å². The number of esters is 1. The zero-order chi connectivity index (χ0) is 20.7. The average Bonchev–Trinajstić information content (AvgIpc) is 3.09. The lowest BCUT2D eigenvalue weighted by molar-refractivity contribution is -0.149. The van der Waals surface area contributed by atoms with Gasteiger partial charge in [0.2, 0.25) is 0 Å². The van der Waals surface area contributed by atoms with Crippen molar-refractivity contribution in [3.63, 3.8) is 0 Å². The Morgan fingerprint density at radius 3 is 2.31 bits per heavy atom. The van der Waals surface area contributed by atoms with Gasteiger partial charge >= 0.3 is 5.97 Å². The summed E-state index contributed by atoms with van der Waals surface area (Å²) in [5.74, 6) is -1.03. The van der Waals surface area contributed by atoms with Gasteiger partial charge in [0, 0.05) is 18.7 Å². The van der Waals surface area contributed by atoms with Crippen LogP contribution in [-0.4, -0.2) is 49.3 Å². The van der Waals surface area contributed by atoms with Gasteiger partial charge in [0.1, 0.15) is 0 Å². The van der Waals surface area contributed by atoms with Crippen LogP contribution in [0.3, 0.4) is 0 Å². The van der Waals surface area contributed by atoms with Crippen LogP contribution in [0.1, 0.15) is 17.5 Å². The number of carbonyl (C=O) groups excluding carboxylic acids is 2. The number of sulfone groups is 1. The molecule has 3 rings (SSSR count). The van der Waals surface area contributed by atoms with Gasteiger partial charge in [-0.2, -0.15) is 0 Å². The van der Waals surface area contributed by atoms with E-state index in [9.17, 15) is 18.0 Å². The number of amides is 1. The van der Waals surface area contributed by atoms with Crippen LogP contribution in [0.5, 0.6) is 0 Å². The maximum atomic E-state index is 12.8. The van der Waals surface area contributed by atoms with E-state index in [-0.39, 0.29) is 18.1 Å². The molecule has 0 bridgehead atoms. The fourth-order valence-electron chi connectivity index (χ4n) is 3.21. The van der Waals surface area contributed by atoms with Crippen molar-refractivity contribution in [3.8, 4) is 0 Å². The van der Waals surface area contributed by atoms with E-state index in [1.54, 1.807) is 6.08 Å². The van der Waals surface area contributed by atoms with Crippen molar-refractivity contribution in [2.75, 3.05) is 18.1 Å². The predicted molar refractivity (Wildman–Crippen MR) is 110 cm³/mol. The van der Waals surface area contributed by atoms with Gasteiger partial charge in [-0.05, 0) is 23.6 Å². The topological polar surface area (TPSA) is 80.8 Å². The molecule has 6 nitrogen and oxygen atoms in total. The Labute approximate surface area is 170 Å². The summed E-state index contributed by atoms with van der Waals surface area (Å²) >= 11 is 0. The van der Waals surface area contributed by atoms with Crippen LogP contribution in [0.2, 0.25) is 0 Å². The summed E-state index contributed by atoms with van der Waals surface area (Å²) in [6.07, 6.45) is 3.27. The van der Waals surface area contributed by atoms with E-state index < -0.39 is 34.4 Å². The molecule has 7 heteroatoms. The third-order valence-corrected chi connectivity index (χ3v) is 6.46. The van der Waals surface area contributed by atoms with Crippen LogP contribution in [0.4, 0.5) is 0 Å². The molecule has 0 saturated carbocycles. The maximum absolute atomic E-state index is 12.8. The second kappa shape index (κ2) is 9.52. The number of nitrogens with zero attached hydrogens (tertiary/aromatic N) is 1. The van der Waals surface area contributed by atoms with Crippen molar-refractivity contribution in [1.82, 2.24) is 4.90 Å². The third-order valence-electron chi connectivity index (χ3n) is 4.71. The van der Waals surface area contributed by atoms with Crippen molar-refractivity contribution in [2.24, 2.45) is 0 Å². The summed E-state index contributed by atoms with van der Waals surface area (Å²) < 4.78 is 28.8. The van der Waals surface area contributed by atoms with E-state index in [2.05, 4.69) is 0 Å². The Bertz CT molecular complexity index is 971. The average molecular weight is 413 g/mol. The Hall–Kier alpha value is -2.93. The first-order chi connectivity index (χ1) is 13.9. The Kier molecular flexibility index (Phi) is 6.82. The highest BCUT2D eigenvalue weighted by atomic mass is 32.2. The number of hydrogen-bond donors (Lipinski definition) is 0. The third kappa shape index (κ3) is 6.29. The molecule has 1 fully saturated rings. The van der Waals surface area contributed by atoms with Crippen molar-refractivity contribution in [3.05, 3.63) is 77.9 Å². The van der Waals surface area contributed by atoms with E-state index in [4.69, 9.17) is 4.74 Å². The number of ether oxygens (including phenoxy) is 1. The minimum absolute atomic E-state index is 0.0621. The molecule has 1 aliphatic rings. The highest BCUT2D eigenvalue weighted by molar-refractivity contribution is 7.91. The summed E-state index contributed by atoms with van der Waals surface area (Å²) in [5, 5.41) is 0. The Balaban J connectivity index is 1.63. The maximum Gasteiger partial charge on any atom is 0.331 e. The van der Waals surface area contributed by atoms with Crippen LogP contribution in [-0.2, 0) is 30.7 Å². The van der Waals surface area contributed by atoms with Gasteiger partial charge in [-0.15, -0.1) is 0 Å². The van der Waals surface area contributed by atoms with Gasteiger partial charge in [0.05, 0.1) is 11.5 Å². The van der Waals surface area contributed by atoms with Gasteiger partial charge in [0.25, 0.3) is 5.91 Å². The molecule has 1 heterocycles. The van der Waals surface area contributed by atoms with Crippen molar-refractivity contribution < 1.29 is 22.7 Å². The lowest BCUT2D eigenvalue weighted by Gasteiger charge is -2.28. The number of benzene rings is 2. The fourth-order valence-corrected chi connectivity index (χ4v) is 4.95. The van der Waals surface area contributed by atoms with Crippen LogP contribution >= 0.6 is 0 Å². The normalized spacial score (nSPS) is 17.9. The Morgan fingerprint density at radius 2 is 1.69 bits per heavy atom. The van der Waals surface area contributed by atoms with Gasteiger partial charge in [-0.3, -0.25) is 4.79 Å².